The van der Waals surface area contributed by atoms with Gasteiger partial charge in [-0.2, -0.15) is 0 Å². The maximum Gasteiger partial charge on any atom is 0.203 e. The summed E-state index contributed by atoms with van der Waals surface area (Å²) in [6.07, 6.45) is 3.06. The lowest BCUT2D eigenvalue weighted by atomic mass is 10.2. The summed E-state index contributed by atoms with van der Waals surface area (Å²) in [4.78, 5) is 0. The van der Waals surface area contributed by atoms with Gasteiger partial charge in [-0.15, -0.1) is 0 Å². The Morgan fingerprint density at radius 3 is 2.37 bits per heavy atom. The van der Waals surface area contributed by atoms with Crippen LogP contribution in [0.15, 0.2) is 40.9 Å². The van der Waals surface area contributed by atoms with E-state index in [0.717, 1.165) is 12.8 Å². The molecule has 2 aromatic carbocycles. The highest BCUT2D eigenvalue weighted by atomic mass is 35.5. The van der Waals surface area contributed by atoms with Crippen molar-refractivity contribution in [3.63, 3.8) is 0 Å². The van der Waals surface area contributed by atoms with E-state index in [0.29, 0.717) is 65.2 Å². The van der Waals surface area contributed by atoms with Gasteiger partial charge in [0.05, 0.1) is 23.3 Å². The minimum absolute atomic E-state index is 0.129. The van der Waals surface area contributed by atoms with E-state index in [1.807, 2.05) is 18.2 Å². The minimum atomic E-state index is 0.129. The van der Waals surface area contributed by atoms with Gasteiger partial charge in [-0.25, -0.2) is 0 Å². The maximum atomic E-state index is 6.26. The monoisotopic (exact) mass is 492 g/mol. The Kier molecular flexibility index (Phi) is 8.94. The summed E-state index contributed by atoms with van der Waals surface area (Å²) < 4.78 is 28.3. The Morgan fingerprint density at radius 1 is 0.933 bits per heavy atom. The number of halogens is 4. The van der Waals surface area contributed by atoms with Crippen LogP contribution in [0.25, 0.3) is 0 Å². The van der Waals surface area contributed by atoms with Gasteiger partial charge in [0.2, 0.25) is 5.75 Å². The zero-order valence-corrected chi connectivity index (χ0v) is 19.0. The average Bonchev–Trinajstić information content (AvgIpc) is 2.72. The highest BCUT2D eigenvalue weighted by molar-refractivity contribution is 6.55. The summed E-state index contributed by atoms with van der Waals surface area (Å²) in [5, 5.41) is 0.727. The van der Waals surface area contributed by atoms with Crippen LogP contribution in [-0.2, 0) is 0 Å². The topological polar surface area (TPSA) is 46.2 Å². The molecule has 1 aliphatic heterocycles. The van der Waals surface area contributed by atoms with Gasteiger partial charge < -0.3 is 23.7 Å². The van der Waals surface area contributed by atoms with Gasteiger partial charge in [-0.05, 0) is 31.1 Å². The van der Waals surface area contributed by atoms with Crippen LogP contribution in [0.4, 0.5) is 0 Å². The molecule has 0 amide bonds. The molecule has 1 heterocycles. The molecule has 5 nitrogen and oxygen atoms in total. The Balaban J connectivity index is 1.42. The lowest BCUT2D eigenvalue weighted by Crippen LogP contribution is -2.16. The first kappa shape index (κ1) is 23.0. The van der Waals surface area contributed by atoms with Crippen LogP contribution in [0, 0.1) is 0 Å². The number of benzene rings is 2. The molecule has 0 N–H and O–H groups in total. The number of fused-ring (bicyclic) bond motifs is 1. The first-order valence-electron chi connectivity index (χ1n) is 9.32. The smallest absolute Gasteiger partial charge is 0.203 e. The van der Waals surface area contributed by atoms with Crippen molar-refractivity contribution in [3.8, 4) is 28.7 Å². The number of hydrogen-bond acceptors (Lipinski definition) is 5. The SMILES string of the molecule is ClC(Cl)=CCOc1cc(Cl)c(OCCCCOc2cccc3c2OCCO3)c(Cl)c1. The van der Waals surface area contributed by atoms with Crippen LogP contribution in [0.3, 0.4) is 0 Å². The van der Waals surface area contributed by atoms with Crippen molar-refractivity contribution in [2.24, 2.45) is 0 Å². The lowest BCUT2D eigenvalue weighted by Gasteiger charge is -2.20. The molecule has 1 aliphatic rings. The fraction of sp³-hybridized carbons (Fsp3) is 0.333. The zero-order chi connectivity index (χ0) is 21.3. The number of rotatable bonds is 10. The second-order valence-electron chi connectivity index (χ2n) is 6.21. The predicted molar refractivity (Wildman–Crippen MR) is 119 cm³/mol. The van der Waals surface area contributed by atoms with Crippen LogP contribution >= 0.6 is 46.4 Å². The third-order valence-electron chi connectivity index (χ3n) is 4.03. The van der Waals surface area contributed by atoms with Crippen molar-refractivity contribution in [2.75, 3.05) is 33.0 Å². The molecule has 3 rings (SSSR count). The summed E-state index contributed by atoms with van der Waals surface area (Å²) in [7, 11) is 0. The van der Waals surface area contributed by atoms with Crippen molar-refractivity contribution in [1.82, 2.24) is 0 Å². The Labute approximate surface area is 195 Å². The van der Waals surface area contributed by atoms with Crippen LogP contribution in [0.5, 0.6) is 28.7 Å². The molecule has 0 unspecified atom stereocenters. The summed E-state index contributed by atoms with van der Waals surface area (Å²) in [5.74, 6) is 2.96. The summed E-state index contributed by atoms with van der Waals surface area (Å²) in [6.45, 7) is 2.24. The quantitative estimate of drug-likeness (QED) is 0.344. The summed E-state index contributed by atoms with van der Waals surface area (Å²) in [5.41, 5.74) is 0. The van der Waals surface area contributed by atoms with E-state index >= 15 is 0 Å². The fourth-order valence-electron chi connectivity index (χ4n) is 2.68. The van der Waals surface area contributed by atoms with Crippen LogP contribution in [0.1, 0.15) is 12.8 Å². The molecule has 30 heavy (non-hydrogen) atoms. The first-order valence-corrected chi connectivity index (χ1v) is 10.8. The largest absolute Gasteiger partial charge is 0.490 e. The van der Waals surface area contributed by atoms with Crippen molar-refractivity contribution < 1.29 is 23.7 Å². The molecule has 0 aliphatic carbocycles. The van der Waals surface area contributed by atoms with E-state index in [-0.39, 0.29) is 11.1 Å². The van der Waals surface area contributed by atoms with Crippen LogP contribution in [-0.4, -0.2) is 33.0 Å². The Hall–Kier alpha value is -1.66. The molecule has 162 valence electrons. The third kappa shape index (κ3) is 6.67. The number of unbranched alkanes of at least 4 members (excludes halogenated alkanes) is 1. The van der Waals surface area contributed by atoms with Crippen molar-refractivity contribution in [2.45, 2.75) is 12.8 Å². The van der Waals surface area contributed by atoms with E-state index < -0.39 is 0 Å². The molecular formula is C21H20Cl4O5. The average molecular weight is 494 g/mol. The van der Waals surface area contributed by atoms with E-state index in [2.05, 4.69) is 0 Å². The molecule has 0 saturated carbocycles. The number of para-hydroxylation sites is 1. The van der Waals surface area contributed by atoms with Gasteiger partial charge in [0.15, 0.2) is 17.2 Å². The Bertz CT molecular complexity index is 861. The van der Waals surface area contributed by atoms with Gasteiger partial charge in [-0.3, -0.25) is 0 Å². The third-order valence-corrected chi connectivity index (χ3v) is 4.90. The predicted octanol–water partition coefficient (Wildman–Crippen LogP) is 6.70. The normalized spacial score (nSPS) is 12.3. The van der Waals surface area contributed by atoms with Crippen molar-refractivity contribution in [3.05, 3.63) is 50.9 Å². The van der Waals surface area contributed by atoms with Crippen molar-refractivity contribution in [1.29, 1.82) is 0 Å². The standard InChI is InChI=1S/C21H20Cl4O5/c22-15-12-14(26-9-6-19(24)25)13-16(23)20(15)29-8-2-1-7-27-17-4-3-5-18-21(17)30-11-10-28-18/h3-6,12-13H,1-2,7-11H2. The van der Waals surface area contributed by atoms with Gasteiger partial charge in [-0.1, -0.05) is 52.5 Å². The molecule has 0 aromatic heterocycles. The molecule has 0 bridgehead atoms. The van der Waals surface area contributed by atoms with E-state index in [9.17, 15) is 0 Å². The highest BCUT2D eigenvalue weighted by Gasteiger charge is 2.16. The van der Waals surface area contributed by atoms with Gasteiger partial charge in [0.25, 0.3) is 0 Å². The van der Waals surface area contributed by atoms with E-state index in [1.54, 1.807) is 12.1 Å². The van der Waals surface area contributed by atoms with E-state index in [1.165, 1.54) is 6.08 Å². The number of ether oxygens (including phenoxy) is 5. The van der Waals surface area contributed by atoms with E-state index in [4.69, 9.17) is 70.1 Å². The molecule has 2 aromatic rings. The fourth-order valence-corrected chi connectivity index (χ4v) is 3.38. The van der Waals surface area contributed by atoms with Crippen molar-refractivity contribution >= 4 is 46.4 Å². The Morgan fingerprint density at radius 2 is 1.63 bits per heavy atom. The molecular weight excluding hydrogens is 474 g/mol. The maximum absolute atomic E-state index is 6.26. The summed E-state index contributed by atoms with van der Waals surface area (Å²) in [6, 6.07) is 8.86. The minimum Gasteiger partial charge on any atom is -0.490 e. The van der Waals surface area contributed by atoms with Crippen LogP contribution in [0.2, 0.25) is 10.0 Å². The zero-order valence-electron chi connectivity index (χ0n) is 16.0. The van der Waals surface area contributed by atoms with Gasteiger partial charge in [0.1, 0.15) is 30.1 Å². The molecule has 0 atom stereocenters. The molecule has 0 fully saturated rings. The van der Waals surface area contributed by atoms with Gasteiger partial charge >= 0.3 is 0 Å². The lowest BCUT2D eigenvalue weighted by molar-refractivity contribution is 0.161. The summed E-state index contributed by atoms with van der Waals surface area (Å²) >= 11 is 23.6. The molecule has 0 saturated heterocycles. The molecule has 0 radical (unpaired) electrons. The number of hydrogen-bond donors (Lipinski definition) is 0. The molecule has 0 spiro atoms. The first-order chi connectivity index (χ1) is 14.5. The van der Waals surface area contributed by atoms with Gasteiger partial charge in [0, 0.05) is 12.1 Å². The second kappa shape index (κ2) is 11.7. The second-order valence-corrected chi connectivity index (χ2v) is 8.03. The molecule has 9 heteroatoms. The van der Waals surface area contributed by atoms with Crippen LogP contribution < -0.4 is 23.7 Å². The highest BCUT2D eigenvalue weighted by Crippen LogP contribution is 2.39.